The molecule has 136 valence electrons. The van der Waals surface area contributed by atoms with Crippen LogP contribution in [0.4, 0.5) is 4.79 Å². The summed E-state index contributed by atoms with van der Waals surface area (Å²) in [6.07, 6.45) is 4.14. The molecule has 0 aliphatic carbocycles. The number of terminal acetylenes is 1. The van der Waals surface area contributed by atoms with E-state index in [-0.39, 0.29) is 23.1 Å². The number of carbonyl (C=O) groups excluding carboxylic acids is 1. The van der Waals surface area contributed by atoms with Gasteiger partial charge in [-0.05, 0) is 38.5 Å². The fourth-order valence-electron chi connectivity index (χ4n) is 1.84. The van der Waals surface area contributed by atoms with Gasteiger partial charge in [-0.1, -0.05) is 29.1 Å². The van der Waals surface area contributed by atoms with E-state index < -0.39 is 23.7 Å². The Labute approximate surface area is 156 Å². The average Bonchev–Trinajstić information content (AvgIpc) is 2.45. The lowest BCUT2D eigenvalue weighted by Crippen LogP contribution is -2.44. The second kappa shape index (κ2) is 8.84. The maximum absolute atomic E-state index is 11.8. The van der Waals surface area contributed by atoms with E-state index in [1.54, 1.807) is 20.8 Å². The third kappa shape index (κ3) is 7.12. The van der Waals surface area contributed by atoms with Crippen LogP contribution in [0.1, 0.15) is 26.3 Å². The number of benzene rings is 1. The van der Waals surface area contributed by atoms with E-state index in [4.69, 9.17) is 39.1 Å². The Hall–Kier alpha value is -2.10. The predicted octanol–water partition coefficient (Wildman–Crippen LogP) is 3.53. The number of hydrogen-bond acceptors (Lipinski definition) is 4. The molecule has 1 atom stereocenters. The van der Waals surface area contributed by atoms with E-state index in [1.165, 1.54) is 12.1 Å². The van der Waals surface area contributed by atoms with Crippen molar-refractivity contribution in [3.8, 4) is 18.1 Å². The van der Waals surface area contributed by atoms with Crippen LogP contribution in [0, 0.1) is 12.3 Å². The normalized spacial score (nSPS) is 12.0. The molecule has 0 fully saturated rings. The van der Waals surface area contributed by atoms with Crippen molar-refractivity contribution in [3.05, 3.63) is 27.7 Å². The van der Waals surface area contributed by atoms with Crippen LogP contribution in [0.25, 0.3) is 0 Å². The van der Waals surface area contributed by atoms with Gasteiger partial charge >= 0.3 is 12.1 Å². The van der Waals surface area contributed by atoms with Crippen LogP contribution in [0.5, 0.6) is 5.75 Å². The first-order chi connectivity index (χ1) is 11.5. The van der Waals surface area contributed by atoms with Crippen LogP contribution in [-0.2, 0) is 16.0 Å². The largest absolute Gasteiger partial charge is 0.481 e. The van der Waals surface area contributed by atoms with Gasteiger partial charge in [0, 0.05) is 16.5 Å². The number of halogens is 2. The second-order valence-electron chi connectivity index (χ2n) is 6.10. The maximum Gasteiger partial charge on any atom is 0.408 e. The monoisotopic (exact) mass is 387 g/mol. The first-order valence-electron chi connectivity index (χ1n) is 7.30. The summed E-state index contributed by atoms with van der Waals surface area (Å²) in [6, 6.07) is 1.70. The molecule has 1 rings (SSSR count). The van der Waals surface area contributed by atoms with E-state index in [0.29, 0.717) is 11.3 Å². The smallest absolute Gasteiger partial charge is 0.408 e. The van der Waals surface area contributed by atoms with Crippen LogP contribution in [0.2, 0.25) is 10.0 Å². The highest BCUT2D eigenvalue weighted by molar-refractivity contribution is 6.36. The summed E-state index contributed by atoms with van der Waals surface area (Å²) in [5.41, 5.74) is -0.391. The van der Waals surface area contributed by atoms with Crippen molar-refractivity contribution in [1.82, 2.24) is 5.32 Å². The molecule has 1 amide bonds. The molecule has 0 bridgehead atoms. The lowest BCUT2D eigenvalue weighted by atomic mass is 10.1. The molecule has 0 aliphatic heterocycles. The topological polar surface area (TPSA) is 84.9 Å². The molecule has 6 nitrogen and oxygen atoms in total. The summed E-state index contributed by atoms with van der Waals surface area (Å²) >= 11 is 12.3. The number of aliphatic carboxylic acids is 1. The van der Waals surface area contributed by atoms with Gasteiger partial charge in [0.1, 0.15) is 24.0 Å². The van der Waals surface area contributed by atoms with Gasteiger partial charge in [0.15, 0.2) is 0 Å². The summed E-state index contributed by atoms with van der Waals surface area (Å²) in [6.45, 7) is 5.06. The van der Waals surface area contributed by atoms with Crippen molar-refractivity contribution in [2.24, 2.45) is 0 Å². The van der Waals surface area contributed by atoms with Crippen LogP contribution < -0.4 is 10.1 Å². The molecule has 0 aromatic heterocycles. The molecule has 2 N–H and O–H groups in total. The minimum atomic E-state index is -1.26. The molecule has 1 aromatic rings. The highest BCUT2D eigenvalue weighted by Crippen LogP contribution is 2.31. The van der Waals surface area contributed by atoms with E-state index in [9.17, 15) is 14.7 Å². The Bertz CT molecular complexity index is 668. The molecular weight excluding hydrogens is 369 g/mol. The Morgan fingerprint density at radius 2 is 1.88 bits per heavy atom. The third-order valence-electron chi connectivity index (χ3n) is 2.83. The number of carboxylic acid groups (broad SMARTS) is 1. The zero-order valence-corrected chi connectivity index (χ0v) is 15.6. The zero-order chi connectivity index (χ0) is 19.2. The molecule has 0 aliphatic rings. The molecule has 0 unspecified atom stereocenters. The molecule has 1 aromatic carbocycles. The number of carboxylic acids is 1. The third-order valence-corrected chi connectivity index (χ3v) is 3.51. The van der Waals surface area contributed by atoms with Crippen LogP contribution in [0.15, 0.2) is 12.1 Å². The average molecular weight is 388 g/mol. The van der Waals surface area contributed by atoms with Crippen molar-refractivity contribution < 1.29 is 24.2 Å². The summed E-state index contributed by atoms with van der Waals surface area (Å²) in [7, 11) is 0. The highest BCUT2D eigenvalue weighted by Gasteiger charge is 2.26. The van der Waals surface area contributed by atoms with Crippen molar-refractivity contribution >= 4 is 35.3 Å². The van der Waals surface area contributed by atoms with E-state index >= 15 is 0 Å². The molecule has 0 saturated carbocycles. The van der Waals surface area contributed by atoms with E-state index in [2.05, 4.69) is 11.2 Å². The van der Waals surface area contributed by atoms with E-state index in [0.717, 1.165) is 0 Å². The fourth-order valence-corrected chi connectivity index (χ4v) is 2.46. The SMILES string of the molecule is C#CCOc1cc(Cl)c(C[C@H](NC(=O)OC(C)(C)C)C(=O)O)c(Cl)c1. The number of amides is 1. The second-order valence-corrected chi connectivity index (χ2v) is 6.91. The minimum absolute atomic E-state index is 0.0456. The standard InChI is InChI=1S/C17H19Cl2NO5/c1-5-6-24-10-7-12(18)11(13(19)8-10)9-14(15(21)22)20-16(23)25-17(2,3)4/h1,7-8,14H,6,9H2,2-4H3,(H,20,23)(H,21,22)/t14-/m0/s1. The molecule has 8 heteroatoms. The number of rotatable bonds is 6. The number of ether oxygens (including phenoxy) is 2. The van der Waals surface area contributed by atoms with Gasteiger partial charge in [0.05, 0.1) is 0 Å². The number of nitrogens with one attached hydrogen (secondary N) is 1. The zero-order valence-electron chi connectivity index (χ0n) is 14.1. The molecule has 25 heavy (non-hydrogen) atoms. The van der Waals surface area contributed by atoms with Crippen molar-refractivity contribution in [3.63, 3.8) is 0 Å². The van der Waals surface area contributed by atoms with Gasteiger partial charge in [-0.3, -0.25) is 0 Å². The summed E-state index contributed by atoms with van der Waals surface area (Å²) in [4.78, 5) is 23.2. The van der Waals surface area contributed by atoms with Gasteiger partial charge in [0.25, 0.3) is 0 Å². The van der Waals surface area contributed by atoms with Gasteiger partial charge in [-0.25, -0.2) is 9.59 Å². The lowest BCUT2D eigenvalue weighted by Gasteiger charge is -2.22. The molecule has 0 heterocycles. The number of carbonyl (C=O) groups is 2. The van der Waals surface area contributed by atoms with Crippen LogP contribution in [0.3, 0.4) is 0 Å². The molecule has 0 radical (unpaired) electrons. The lowest BCUT2D eigenvalue weighted by molar-refractivity contribution is -0.139. The van der Waals surface area contributed by atoms with Crippen LogP contribution in [-0.4, -0.2) is 35.4 Å². The first-order valence-corrected chi connectivity index (χ1v) is 8.05. The fraction of sp³-hybridized carbons (Fsp3) is 0.412. The van der Waals surface area contributed by atoms with Gasteiger partial charge < -0.3 is 19.9 Å². The van der Waals surface area contributed by atoms with Gasteiger partial charge in [-0.2, -0.15) is 0 Å². The van der Waals surface area contributed by atoms with Gasteiger partial charge in [-0.15, -0.1) is 6.42 Å². The summed E-state index contributed by atoms with van der Waals surface area (Å²) in [5, 5.41) is 12.0. The van der Waals surface area contributed by atoms with Gasteiger partial charge in [0.2, 0.25) is 0 Å². The van der Waals surface area contributed by atoms with Crippen molar-refractivity contribution in [1.29, 1.82) is 0 Å². The summed E-state index contributed by atoms with van der Waals surface area (Å²) in [5.74, 6) is 1.43. The number of hydrogen-bond donors (Lipinski definition) is 2. The Morgan fingerprint density at radius 1 is 1.32 bits per heavy atom. The molecular formula is C17H19Cl2NO5. The Kier molecular flexibility index (Phi) is 7.40. The Balaban J connectivity index is 2.94. The molecule has 0 saturated heterocycles. The number of alkyl carbamates (subject to hydrolysis) is 1. The van der Waals surface area contributed by atoms with E-state index in [1.807, 2.05) is 0 Å². The molecule has 0 spiro atoms. The van der Waals surface area contributed by atoms with Crippen molar-refractivity contribution in [2.75, 3.05) is 6.61 Å². The maximum atomic E-state index is 11.8. The van der Waals surface area contributed by atoms with Crippen LogP contribution >= 0.6 is 23.2 Å². The van der Waals surface area contributed by atoms with Crippen molar-refractivity contribution in [2.45, 2.75) is 38.8 Å². The first kappa shape index (κ1) is 20.9. The quantitative estimate of drug-likeness (QED) is 0.729. The predicted molar refractivity (Wildman–Crippen MR) is 95.3 cm³/mol. The minimum Gasteiger partial charge on any atom is -0.481 e. The summed E-state index contributed by atoms with van der Waals surface area (Å²) < 4.78 is 10.3. The highest BCUT2D eigenvalue weighted by atomic mass is 35.5. The Morgan fingerprint density at radius 3 is 2.32 bits per heavy atom.